The highest BCUT2D eigenvalue weighted by atomic mass is 28.3. The summed E-state index contributed by atoms with van der Waals surface area (Å²) in [6.07, 6.45) is -9.08. The molecule has 4 N–H and O–H groups in total. The number of rotatable bonds is 11. The highest BCUT2D eigenvalue weighted by Crippen LogP contribution is 2.65. The van der Waals surface area contributed by atoms with E-state index in [0.29, 0.717) is 0 Å². The number of ketones is 1. The van der Waals surface area contributed by atoms with Crippen LogP contribution in [0.2, 0.25) is 19.6 Å². The SMILES string of the molecule is CC(=O)OC1=C2C(C)C(OC(=O)C(O)C(NC(=O)OC[Si](C)(C)C)C(C)C)CC(O)(C(OC(=O)c3ccccc3)C3[C@]4(OC(C)=O)COC4CC(O)[C@@]3(C)C1=O)C2(C)C. The standard InChI is InChI=1S/C42H59NO15Si/c1-21(2)30(43-38(51)54-20-59(9,10)11)31(47)37(50)56-26-18-42(52)35(57-36(49)25-15-13-12-14-16-25)33-40(8,27(46)17-28-41(33,19-53-28)58-24(5)45)34(48)32(55-23(4)44)29(22(26)3)39(42,6)7/h12-16,21-22,26-28,30-31,33,35,46-47,52H,17-20H2,1-11H3,(H,43,51)/t22?,26?,27?,28?,30?,31?,33?,35?,40-,41+,42?/m1/s1. The monoisotopic (exact) mass is 845 g/mol. The fraction of sp³-hybridized carbons (Fsp3) is 0.667. The van der Waals surface area contributed by atoms with E-state index in [4.69, 9.17) is 28.4 Å². The van der Waals surface area contributed by atoms with E-state index in [1.165, 1.54) is 19.1 Å². The maximum atomic E-state index is 15.4. The molecule has 2 bridgehead atoms. The van der Waals surface area contributed by atoms with Gasteiger partial charge in [-0.1, -0.05) is 72.5 Å². The number of Topliss-reactive ketones (excluding diaryl/α,β-unsaturated/α-hetero) is 1. The lowest BCUT2D eigenvalue weighted by atomic mass is 9.45. The van der Waals surface area contributed by atoms with Crippen LogP contribution in [0.3, 0.4) is 0 Å². The zero-order chi connectivity index (χ0) is 44.2. The number of aliphatic hydroxyl groups is 3. The molecule has 0 spiro atoms. The fourth-order valence-electron chi connectivity index (χ4n) is 9.45. The zero-order valence-electron chi connectivity index (χ0n) is 35.7. The number of hydrogen-bond donors (Lipinski definition) is 4. The summed E-state index contributed by atoms with van der Waals surface area (Å²) in [5.41, 5.74) is -7.75. The molecule has 1 saturated heterocycles. The van der Waals surface area contributed by atoms with Crippen molar-refractivity contribution in [3.05, 3.63) is 47.2 Å². The number of carbonyl (C=O) groups excluding carboxylic acids is 6. The third-order valence-electron chi connectivity index (χ3n) is 12.7. The van der Waals surface area contributed by atoms with Gasteiger partial charge < -0.3 is 49.1 Å². The maximum absolute atomic E-state index is 15.4. The lowest BCUT2D eigenvalue weighted by Gasteiger charge is -2.67. The highest BCUT2D eigenvalue weighted by molar-refractivity contribution is 6.76. The van der Waals surface area contributed by atoms with E-state index >= 15 is 4.79 Å². The smallest absolute Gasteiger partial charge is 0.407 e. The van der Waals surface area contributed by atoms with Crippen molar-refractivity contribution in [1.29, 1.82) is 0 Å². The first kappa shape index (κ1) is 45.9. The lowest BCUT2D eigenvalue weighted by Crippen LogP contribution is -2.81. The first-order valence-electron chi connectivity index (χ1n) is 20.0. The second kappa shape index (κ2) is 16.4. The van der Waals surface area contributed by atoms with Crippen LogP contribution in [0.4, 0.5) is 4.79 Å². The number of aliphatic hydroxyl groups excluding tert-OH is 2. The molecule has 1 heterocycles. The molecule has 1 amide bonds. The van der Waals surface area contributed by atoms with Gasteiger partial charge in [-0.25, -0.2) is 14.4 Å². The van der Waals surface area contributed by atoms with Gasteiger partial charge in [0, 0.05) is 38.0 Å². The van der Waals surface area contributed by atoms with Crippen LogP contribution in [0.1, 0.15) is 78.6 Å². The van der Waals surface area contributed by atoms with Gasteiger partial charge in [0.05, 0.1) is 50.0 Å². The number of benzene rings is 1. The molecule has 0 aromatic heterocycles. The lowest BCUT2D eigenvalue weighted by molar-refractivity contribution is -0.345. The normalized spacial score (nSPS) is 33.4. The number of nitrogens with one attached hydrogen (secondary N) is 1. The van der Waals surface area contributed by atoms with Gasteiger partial charge in [-0.15, -0.1) is 0 Å². The van der Waals surface area contributed by atoms with Crippen molar-refractivity contribution in [2.24, 2.45) is 28.6 Å². The van der Waals surface area contributed by atoms with Crippen molar-refractivity contribution in [3.63, 3.8) is 0 Å². The van der Waals surface area contributed by atoms with Gasteiger partial charge in [-0.2, -0.15) is 0 Å². The molecule has 11 atom stereocenters. The van der Waals surface area contributed by atoms with Crippen LogP contribution in [-0.4, -0.2) is 120 Å². The van der Waals surface area contributed by atoms with Crippen LogP contribution in [0.15, 0.2) is 41.7 Å². The number of ether oxygens (including phenoxy) is 6. The second-order valence-corrected chi connectivity index (χ2v) is 24.1. The number of carbonyl (C=O) groups is 6. The molecule has 5 rings (SSSR count). The summed E-state index contributed by atoms with van der Waals surface area (Å²) >= 11 is 0. The van der Waals surface area contributed by atoms with E-state index in [1.807, 2.05) is 19.6 Å². The highest BCUT2D eigenvalue weighted by Gasteiger charge is 2.78. The van der Waals surface area contributed by atoms with Crippen LogP contribution in [0.5, 0.6) is 0 Å². The Morgan fingerprint density at radius 3 is 2.15 bits per heavy atom. The molecule has 9 unspecified atom stereocenters. The van der Waals surface area contributed by atoms with Gasteiger partial charge >= 0.3 is 30.0 Å². The van der Waals surface area contributed by atoms with Crippen molar-refractivity contribution in [2.45, 2.75) is 136 Å². The molecular weight excluding hydrogens is 787 g/mol. The first-order chi connectivity index (χ1) is 27.2. The largest absolute Gasteiger partial charge is 0.460 e. The van der Waals surface area contributed by atoms with Crippen LogP contribution in [-0.2, 0) is 47.6 Å². The summed E-state index contributed by atoms with van der Waals surface area (Å²) in [5, 5.41) is 39.6. The van der Waals surface area contributed by atoms with Crippen LogP contribution < -0.4 is 5.32 Å². The minimum absolute atomic E-state index is 0.00773. The molecule has 0 radical (unpaired) electrons. The van der Waals surface area contributed by atoms with E-state index in [1.54, 1.807) is 52.8 Å². The molecule has 1 aliphatic heterocycles. The van der Waals surface area contributed by atoms with E-state index in [0.717, 1.165) is 13.8 Å². The van der Waals surface area contributed by atoms with Crippen LogP contribution in [0, 0.1) is 28.6 Å². The Morgan fingerprint density at radius 2 is 1.63 bits per heavy atom. The Morgan fingerprint density at radius 1 is 1.00 bits per heavy atom. The number of esters is 4. The quantitative estimate of drug-likeness (QED) is 0.142. The van der Waals surface area contributed by atoms with Gasteiger partial charge in [0.2, 0.25) is 5.78 Å². The molecule has 1 aromatic carbocycles. The fourth-order valence-corrected chi connectivity index (χ4v) is 10.0. The Kier molecular flexibility index (Phi) is 12.7. The van der Waals surface area contributed by atoms with Crippen molar-refractivity contribution in [2.75, 3.05) is 12.8 Å². The number of alkyl carbamates (subject to hydrolysis) is 1. The van der Waals surface area contributed by atoms with Crippen LogP contribution >= 0.6 is 0 Å². The van der Waals surface area contributed by atoms with E-state index < -0.39 is 132 Å². The topological polar surface area (TPSA) is 231 Å². The van der Waals surface area contributed by atoms with Gasteiger partial charge in [-0.05, 0) is 30.5 Å². The van der Waals surface area contributed by atoms with Gasteiger partial charge in [-0.3, -0.25) is 14.4 Å². The molecule has 4 aliphatic rings. The van der Waals surface area contributed by atoms with E-state index in [-0.39, 0.29) is 30.4 Å². The van der Waals surface area contributed by atoms with Gasteiger partial charge in [0.25, 0.3) is 0 Å². The summed E-state index contributed by atoms with van der Waals surface area (Å²) < 4.78 is 35.4. The Balaban J connectivity index is 1.70. The molecule has 1 aromatic rings. The Labute approximate surface area is 345 Å². The summed E-state index contributed by atoms with van der Waals surface area (Å²) in [4.78, 5) is 82.2. The minimum Gasteiger partial charge on any atom is -0.460 e. The van der Waals surface area contributed by atoms with Crippen molar-refractivity contribution in [1.82, 2.24) is 5.32 Å². The predicted molar refractivity (Wildman–Crippen MR) is 211 cm³/mol. The Bertz CT molecular complexity index is 1880. The summed E-state index contributed by atoms with van der Waals surface area (Å²) in [7, 11) is -1.81. The third kappa shape index (κ3) is 8.20. The molecule has 16 nitrogen and oxygen atoms in total. The predicted octanol–water partition coefficient (Wildman–Crippen LogP) is 3.40. The molecular formula is C42H59NO15Si. The molecule has 17 heteroatoms. The molecule has 59 heavy (non-hydrogen) atoms. The van der Waals surface area contributed by atoms with Crippen molar-refractivity contribution >= 4 is 43.8 Å². The number of amides is 1. The zero-order valence-corrected chi connectivity index (χ0v) is 36.7. The third-order valence-corrected chi connectivity index (χ3v) is 13.7. The van der Waals surface area contributed by atoms with Gasteiger partial charge in [0.15, 0.2) is 17.5 Å². The summed E-state index contributed by atoms with van der Waals surface area (Å²) in [6, 6.07) is 6.67. The van der Waals surface area contributed by atoms with E-state index in [2.05, 4.69) is 5.32 Å². The number of fused-ring (bicyclic) bond motifs is 5. The minimum atomic E-state index is -2.37. The molecule has 3 fully saturated rings. The molecule has 3 aliphatic carbocycles. The summed E-state index contributed by atoms with van der Waals surface area (Å²) in [5.74, 6) is -8.31. The first-order valence-corrected chi connectivity index (χ1v) is 23.7. The summed E-state index contributed by atoms with van der Waals surface area (Å²) in [6.45, 7) is 17.4. The average molecular weight is 846 g/mol. The van der Waals surface area contributed by atoms with Crippen molar-refractivity contribution in [3.8, 4) is 0 Å². The number of hydrogen-bond acceptors (Lipinski definition) is 15. The van der Waals surface area contributed by atoms with Gasteiger partial charge in [0.1, 0.15) is 23.9 Å². The van der Waals surface area contributed by atoms with Crippen LogP contribution in [0.25, 0.3) is 0 Å². The second-order valence-electron chi connectivity index (χ2n) is 18.7. The van der Waals surface area contributed by atoms with Crippen molar-refractivity contribution < 1.29 is 72.5 Å². The Hall–Kier alpha value is -4.16. The molecule has 326 valence electrons. The van der Waals surface area contributed by atoms with E-state index in [9.17, 15) is 39.3 Å². The average Bonchev–Trinajstić information content (AvgIpc) is 3.13. The maximum Gasteiger partial charge on any atom is 0.407 e. The number of allylic oxidation sites excluding steroid dienone is 1. The molecule has 2 saturated carbocycles.